The second-order valence-electron chi connectivity index (χ2n) is 4.35. The Morgan fingerprint density at radius 2 is 2.18 bits per heavy atom. The predicted octanol–water partition coefficient (Wildman–Crippen LogP) is 2.98. The molecule has 1 aromatic rings. The molecule has 0 amide bonds. The van der Waals surface area contributed by atoms with Crippen LogP contribution in [0.2, 0.25) is 0 Å². The molecule has 0 aliphatic heterocycles. The number of aryl methyl sites for hydroxylation is 1. The third-order valence-corrected chi connectivity index (χ3v) is 2.70. The van der Waals surface area contributed by atoms with Gasteiger partial charge in [-0.1, -0.05) is 26.2 Å². The van der Waals surface area contributed by atoms with Crippen molar-refractivity contribution in [3.8, 4) is 0 Å². The van der Waals surface area contributed by atoms with Crippen LogP contribution in [0.15, 0.2) is 18.7 Å². The van der Waals surface area contributed by atoms with Crippen molar-refractivity contribution >= 4 is 18.4 Å². The maximum Gasteiger partial charge on any atom is 0.303 e. The topological polar surface area (TPSA) is 55.1 Å². The first kappa shape index (κ1) is 16.0. The Bertz CT molecular complexity index is 301. The predicted molar refractivity (Wildman–Crippen MR) is 69.4 cm³/mol. The summed E-state index contributed by atoms with van der Waals surface area (Å²) < 4.78 is 2.07. The Kier molecular flexibility index (Phi) is 8.50. The normalized spacial score (nSPS) is 11.8. The summed E-state index contributed by atoms with van der Waals surface area (Å²) in [4.78, 5) is 14.4. The molecule has 0 spiro atoms. The number of carboxylic acid groups (broad SMARTS) is 1. The maximum atomic E-state index is 10.4. The number of hydrogen-bond donors (Lipinski definition) is 1. The number of halogens is 1. The molecular formula is C12H21ClN2O2. The van der Waals surface area contributed by atoms with Crippen LogP contribution in [-0.2, 0) is 11.3 Å². The highest BCUT2D eigenvalue weighted by molar-refractivity contribution is 5.85. The lowest BCUT2D eigenvalue weighted by Crippen LogP contribution is -2.04. The Morgan fingerprint density at radius 1 is 1.41 bits per heavy atom. The summed E-state index contributed by atoms with van der Waals surface area (Å²) in [6.07, 6.45) is 10.3. The lowest BCUT2D eigenvalue weighted by Gasteiger charge is -2.08. The van der Waals surface area contributed by atoms with E-state index in [0.29, 0.717) is 12.3 Å². The van der Waals surface area contributed by atoms with Crippen molar-refractivity contribution in [2.75, 3.05) is 0 Å². The summed E-state index contributed by atoms with van der Waals surface area (Å²) in [5.74, 6) is -0.392. The molecule has 1 N–H and O–H groups in total. The first-order valence-electron chi connectivity index (χ1n) is 5.86. The minimum Gasteiger partial charge on any atom is -0.481 e. The number of hydrogen-bond acceptors (Lipinski definition) is 2. The molecule has 0 unspecified atom stereocenters. The molecule has 0 aromatic carbocycles. The Hall–Kier alpha value is -1.03. The molecule has 0 fully saturated rings. The van der Waals surface area contributed by atoms with E-state index in [2.05, 4.69) is 9.55 Å². The minimum absolute atomic E-state index is 0. The van der Waals surface area contributed by atoms with Gasteiger partial charge >= 0.3 is 5.97 Å². The number of nitrogens with zero attached hydrogens (tertiary/aromatic N) is 2. The molecule has 1 heterocycles. The Morgan fingerprint density at radius 3 is 2.76 bits per heavy atom. The van der Waals surface area contributed by atoms with E-state index in [1.807, 2.05) is 19.4 Å². The zero-order chi connectivity index (χ0) is 11.8. The van der Waals surface area contributed by atoms with Gasteiger partial charge in [-0.3, -0.25) is 4.79 Å². The summed E-state index contributed by atoms with van der Waals surface area (Å²) in [5.41, 5.74) is 0. The summed E-state index contributed by atoms with van der Waals surface area (Å²) >= 11 is 0. The van der Waals surface area contributed by atoms with Gasteiger partial charge in [-0.2, -0.15) is 0 Å². The van der Waals surface area contributed by atoms with Gasteiger partial charge in [-0.15, -0.1) is 12.4 Å². The van der Waals surface area contributed by atoms with E-state index in [9.17, 15) is 4.79 Å². The fourth-order valence-corrected chi connectivity index (χ4v) is 1.78. The van der Waals surface area contributed by atoms with Crippen LogP contribution < -0.4 is 0 Å². The highest BCUT2D eigenvalue weighted by atomic mass is 35.5. The first-order chi connectivity index (χ1) is 7.68. The minimum atomic E-state index is -0.689. The van der Waals surface area contributed by atoms with Gasteiger partial charge in [-0.25, -0.2) is 4.98 Å². The van der Waals surface area contributed by atoms with Crippen LogP contribution in [0.1, 0.15) is 39.0 Å². The van der Waals surface area contributed by atoms with E-state index < -0.39 is 5.97 Å². The number of aliphatic carboxylic acids is 1. The lowest BCUT2D eigenvalue weighted by molar-refractivity contribution is -0.138. The van der Waals surface area contributed by atoms with Crippen LogP contribution in [0, 0.1) is 5.92 Å². The maximum absolute atomic E-state index is 10.4. The van der Waals surface area contributed by atoms with Gasteiger partial charge < -0.3 is 9.67 Å². The molecule has 5 heteroatoms. The van der Waals surface area contributed by atoms with Crippen LogP contribution in [0.5, 0.6) is 0 Å². The largest absolute Gasteiger partial charge is 0.481 e. The average Bonchev–Trinajstić information content (AvgIpc) is 2.68. The van der Waals surface area contributed by atoms with Crippen molar-refractivity contribution in [2.24, 2.45) is 5.92 Å². The number of carbonyl (C=O) groups is 1. The van der Waals surface area contributed by atoms with Crippen LogP contribution in [0.3, 0.4) is 0 Å². The van der Waals surface area contributed by atoms with E-state index in [1.165, 1.54) is 0 Å². The van der Waals surface area contributed by atoms with Crippen LogP contribution >= 0.6 is 12.4 Å². The molecule has 4 nitrogen and oxygen atoms in total. The fraction of sp³-hybridized carbons (Fsp3) is 0.667. The Balaban J connectivity index is 0.00000256. The van der Waals surface area contributed by atoms with Crippen LogP contribution in [-0.4, -0.2) is 20.6 Å². The van der Waals surface area contributed by atoms with Crippen LogP contribution in [0.4, 0.5) is 0 Å². The summed E-state index contributed by atoms with van der Waals surface area (Å²) in [6.45, 7) is 3.01. The second-order valence-corrected chi connectivity index (χ2v) is 4.35. The summed E-state index contributed by atoms with van der Waals surface area (Å²) in [7, 11) is 0. The molecule has 0 bridgehead atoms. The molecule has 0 saturated carbocycles. The van der Waals surface area contributed by atoms with Crippen molar-refractivity contribution in [1.29, 1.82) is 0 Å². The van der Waals surface area contributed by atoms with E-state index in [1.54, 1.807) is 6.20 Å². The van der Waals surface area contributed by atoms with E-state index in [4.69, 9.17) is 5.11 Å². The monoisotopic (exact) mass is 260 g/mol. The molecule has 0 aliphatic rings. The second kappa shape index (κ2) is 9.05. The van der Waals surface area contributed by atoms with Crippen molar-refractivity contribution in [2.45, 2.75) is 45.6 Å². The van der Waals surface area contributed by atoms with E-state index in [0.717, 1.165) is 32.2 Å². The quantitative estimate of drug-likeness (QED) is 0.731. The van der Waals surface area contributed by atoms with Crippen molar-refractivity contribution in [1.82, 2.24) is 9.55 Å². The van der Waals surface area contributed by atoms with E-state index >= 15 is 0 Å². The smallest absolute Gasteiger partial charge is 0.303 e. The van der Waals surface area contributed by atoms with Gasteiger partial charge in [0, 0.05) is 25.4 Å². The standard InChI is InChI=1S/C12H20N2O2.ClH/c1-11(9-12(15)16)5-3-2-4-7-14-8-6-13-10-14;/h6,8,10-11H,2-5,7,9H2,1H3,(H,15,16);1H/t11-;/m0./s1. The highest BCUT2D eigenvalue weighted by Crippen LogP contribution is 2.13. The average molecular weight is 261 g/mol. The lowest BCUT2D eigenvalue weighted by atomic mass is 10.00. The van der Waals surface area contributed by atoms with Gasteiger partial charge in [0.15, 0.2) is 0 Å². The van der Waals surface area contributed by atoms with Gasteiger partial charge in [0.2, 0.25) is 0 Å². The summed E-state index contributed by atoms with van der Waals surface area (Å²) in [5, 5.41) is 8.60. The molecule has 17 heavy (non-hydrogen) atoms. The number of aromatic nitrogens is 2. The molecule has 1 rings (SSSR count). The third-order valence-electron chi connectivity index (χ3n) is 2.70. The molecule has 0 saturated heterocycles. The van der Waals surface area contributed by atoms with Crippen molar-refractivity contribution in [3.05, 3.63) is 18.7 Å². The number of carboxylic acids is 1. The molecular weight excluding hydrogens is 240 g/mol. The number of rotatable bonds is 8. The van der Waals surface area contributed by atoms with Gasteiger partial charge in [-0.05, 0) is 12.3 Å². The van der Waals surface area contributed by atoms with E-state index in [-0.39, 0.29) is 12.4 Å². The molecule has 1 atom stereocenters. The number of imidazole rings is 1. The van der Waals surface area contributed by atoms with Crippen molar-refractivity contribution < 1.29 is 9.90 Å². The highest BCUT2D eigenvalue weighted by Gasteiger charge is 2.06. The van der Waals surface area contributed by atoms with Crippen molar-refractivity contribution in [3.63, 3.8) is 0 Å². The fourth-order valence-electron chi connectivity index (χ4n) is 1.78. The third kappa shape index (κ3) is 7.80. The Labute approximate surface area is 108 Å². The van der Waals surface area contributed by atoms with Gasteiger partial charge in [0.1, 0.15) is 0 Å². The molecule has 98 valence electrons. The van der Waals surface area contributed by atoms with Gasteiger partial charge in [0.05, 0.1) is 6.33 Å². The van der Waals surface area contributed by atoms with Crippen LogP contribution in [0.25, 0.3) is 0 Å². The zero-order valence-electron chi connectivity index (χ0n) is 10.2. The first-order valence-corrected chi connectivity index (χ1v) is 5.86. The molecule has 0 radical (unpaired) electrons. The SMILES string of the molecule is C[C@@H](CCCCCn1ccnc1)CC(=O)O.Cl. The number of unbranched alkanes of at least 4 members (excludes halogenated alkanes) is 2. The summed E-state index contributed by atoms with van der Waals surface area (Å²) in [6, 6.07) is 0. The molecule has 0 aliphatic carbocycles. The zero-order valence-corrected chi connectivity index (χ0v) is 11.0. The van der Waals surface area contributed by atoms with Gasteiger partial charge in [0.25, 0.3) is 0 Å². The molecule has 1 aromatic heterocycles.